The predicted molar refractivity (Wildman–Crippen MR) is 104 cm³/mol. The monoisotopic (exact) mass is 433 g/mol. The standard InChI is InChI=1S/C16H20ClN5O3S.ClH/c1-21-10-15(19-11-21)26(24,25)20-9-16(23)22-7-6-18-8-14(22)12-4-2-3-5-13(12)17;/h2-5,10-11,14,18,20H,6-9H2,1H3;1H. The van der Waals surface area contributed by atoms with Crippen molar-refractivity contribution in [1.29, 1.82) is 0 Å². The van der Waals surface area contributed by atoms with Crippen LogP contribution in [0.25, 0.3) is 0 Å². The first kappa shape index (κ1) is 21.6. The first-order valence-electron chi connectivity index (χ1n) is 8.11. The van der Waals surface area contributed by atoms with Gasteiger partial charge in [-0.1, -0.05) is 29.8 Å². The lowest BCUT2D eigenvalue weighted by atomic mass is 10.0. The van der Waals surface area contributed by atoms with Gasteiger partial charge in [0.2, 0.25) is 5.91 Å². The molecule has 1 fully saturated rings. The average molecular weight is 434 g/mol. The first-order valence-corrected chi connectivity index (χ1v) is 9.97. The van der Waals surface area contributed by atoms with Crippen molar-refractivity contribution >= 4 is 39.9 Å². The zero-order valence-corrected chi connectivity index (χ0v) is 17.0. The maximum atomic E-state index is 12.7. The van der Waals surface area contributed by atoms with Gasteiger partial charge in [-0.2, -0.15) is 0 Å². The van der Waals surface area contributed by atoms with Gasteiger partial charge in [0.25, 0.3) is 10.0 Å². The van der Waals surface area contributed by atoms with Crippen molar-refractivity contribution in [2.24, 2.45) is 7.05 Å². The summed E-state index contributed by atoms with van der Waals surface area (Å²) in [5.41, 5.74) is 0.835. The van der Waals surface area contributed by atoms with E-state index < -0.39 is 10.0 Å². The highest BCUT2D eigenvalue weighted by atomic mass is 35.5. The van der Waals surface area contributed by atoms with Gasteiger partial charge >= 0.3 is 0 Å². The SMILES string of the molecule is Cl.Cn1cnc(S(=O)(=O)NCC(=O)N2CCNCC2c2ccccc2Cl)c1. The third kappa shape index (κ3) is 4.99. The molecule has 0 bridgehead atoms. The van der Waals surface area contributed by atoms with Gasteiger partial charge in [-0.3, -0.25) is 4.79 Å². The number of benzene rings is 1. The molecule has 1 aliphatic heterocycles. The number of nitrogens with zero attached hydrogens (tertiary/aromatic N) is 3. The molecule has 3 rings (SSSR count). The van der Waals surface area contributed by atoms with E-state index in [1.807, 2.05) is 18.2 Å². The van der Waals surface area contributed by atoms with E-state index >= 15 is 0 Å². The predicted octanol–water partition coefficient (Wildman–Crippen LogP) is 0.947. The summed E-state index contributed by atoms with van der Waals surface area (Å²) in [5, 5.41) is 3.70. The van der Waals surface area contributed by atoms with Gasteiger partial charge in [0.15, 0.2) is 5.03 Å². The number of imidazole rings is 1. The number of halogens is 2. The minimum Gasteiger partial charge on any atom is -0.339 e. The molecule has 27 heavy (non-hydrogen) atoms. The summed E-state index contributed by atoms with van der Waals surface area (Å²) in [5.74, 6) is -0.309. The molecule has 1 aromatic heterocycles. The molecule has 0 spiro atoms. The molecule has 1 amide bonds. The molecule has 1 aromatic carbocycles. The average Bonchev–Trinajstić information content (AvgIpc) is 3.08. The van der Waals surface area contributed by atoms with Crippen LogP contribution in [0.5, 0.6) is 0 Å². The molecule has 0 radical (unpaired) electrons. The third-order valence-corrected chi connectivity index (χ3v) is 5.83. The fourth-order valence-corrected chi connectivity index (χ4v) is 4.10. The number of aromatic nitrogens is 2. The van der Waals surface area contributed by atoms with Crippen LogP contribution < -0.4 is 10.0 Å². The van der Waals surface area contributed by atoms with Crippen molar-refractivity contribution in [2.75, 3.05) is 26.2 Å². The van der Waals surface area contributed by atoms with Crippen LogP contribution >= 0.6 is 24.0 Å². The van der Waals surface area contributed by atoms with Crippen LogP contribution in [0.3, 0.4) is 0 Å². The number of carbonyl (C=O) groups is 1. The van der Waals surface area contributed by atoms with Crippen LogP contribution in [0.15, 0.2) is 41.8 Å². The Labute approximate surface area is 169 Å². The van der Waals surface area contributed by atoms with E-state index in [0.29, 0.717) is 24.7 Å². The molecule has 11 heteroatoms. The zero-order valence-electron chi connectivity index (χ0n) is 14.6. The Morgan fingerprint density at radius 3 is 2.81 bits per heavy atom. The molecule has 2 N–H and O–H groups in total. The van der Waals surface area contributed by atoms with Crippen molar-refractivity contribution in [3.8, 4) is 0 Å². The lowest BCUT2D eigenvalue weighted by Crippen LogP contribution is -2.51. The molecule has 0 saturated carbocycles. The summed E-state index contributed by atoms with van der Waals surface area (Å²) in [6.07, 6.45) is 2.77. The quantitative estimate of drug-likeness (QED) is 0.731. The highest BCUT2D eigenvalue weighted by molar-refractivity contribution is 7.89. The Kier molecular flexibility index (Phi) is 7.24. The summed E-state index contributed by atoms with van der Waals surface area (Å²) < 4.78 is 28.3. The summed E-state index contributed by atoms with van der Waals surface area (Å²) in [7, 11) is -2.16. The van der Waals surface area contributed by atoms with Gasteiger partial charge in [-0.15, -0.1) is 12.4 Å². The van der Waals surface area contributed by atoms with Crippen molar-refractivity contribution in [2.45, 2.75) is 11.1 Å². The van der Waals surface area contributed by atoms with Crippen molar-refractivity contribution in [1.82, 2.24) is 24.5 Å². The van der Waals surface area contributed by atoms with Crippen LogP contribution in [0.1, 0.15) is 11.6 Å². The lowest BCUT2D eigenvalue weighted by Gasteiger charge is -2.37. The maximum absolute atomic E-state index is 12.7. The number of hydrogen-bond acceptors (Lipinski definition) is 5. The zero-order chi connectivity index (χ0) is 18.7. The molecule has 0 aliphatic carbocycles. The largest absolute Gasteiger partial charge is 0.339 e. The van der Waals surface area contributed by atoms with Crippen LogP contribution in [0, 0.1) is 0 Å². The number of rotatable bonds is 5. The molecule has 1 aliphatic rings. The molecule has 2 aromatic rings. The number of amides is 1. The van der Waals surface area contributed by atoms with Gasteiger partial charge in [-0.25, -0.2) is 18.1 Å². The molecular weight excluding hydrogens is 413 g/mol. The molecule has 1 unspecified atom stereocenters. The molecule has 8 nitrogen and oxygen atoms in total. The van der Waals surface area contributed by atoms with Crippen LogP contribution in [0.2, 0.25) is 5.02 Å². The Balaban J connectivity index is 0.00000261. The Hall–Kier alpha value is -1.65. The lowest BCUT2D eigenvalue weighted by molar-refractivity contribution is -0.133. The molecule has 2 heterocycles. The second-order valence-electron chi connectivity index (χ2n) is 6.03. The summed E-state index contributed by atoms with van der Waals surface area (Å²) in [4.78, 5) is 18.1. The normalized spacial score (nSPS) is 17.4. The number of sulfonamides is 1. The second kappa shape index (κ2) is 9.03. The van der Waals surface area contributed by atoms with E-state index in [0.717, 1.165) is 5.56 Å². The van der Waals surface area contributed by atoms with E-state index in [-0.39, 0.29) is 35.9 Å². The smallest absolute Gasteiger partial charge is 0.260 e. The second-order valence-corrected chi connectivity index (χ2v) is 8.15. The van der Waals surface area contributed by atoms with Gasteiger partial charge in [0.05, 0.1) is 18.9 Å². The van der Waals surface area contributed by atoms with Gasteiger partial charge in [-0.05, 0) is 11.6 Å². The molecule has 1 saturated heterocycles. The fraction of sp³-hybridized carbons (Fsp3) is 0.375. The number of nitrogens with one attached hydrogen (secondary N) is 2. The van der Waals surface area contributed by atoms with E-state index in [9.17, 15) is 13.2 Å². The maximum Gasteiger partial charge on any atom is 0.260 e. The Morgan fingerprint density at radius 1 is 1.41 bits per heavy atom. The number of hydrogen-bond donors (Lipinski definition) is 2. The highest BCUT2D eigenvalue weighted by Crippen LogP contribution is 2.28. The fourth-order valence-electron chi connectivity index (χ4n) is 2.89. The highest BCUT2D eigenvalue weighted by Gasteiger charge is 2.30. The molecule has 148 valence electrons. The van der Waals surface area contributed by atoms with Crippen LogP contribution in [-0.2, 0) is 21.9 Å². The van der Waals surface area contributed by atoms with Gasteiger partial charge in [0, 0.05) is 37.9 Å². The minimum absolute atomic E-state index is 0. The first-order chi connectivity index (χ1) is 12.4. The van der Waals surface area contributed by atoms with E-state index in [2.05, 4.69) is 15.0 Å². The molecular formula is C16H21Cl2N5O3S. The van der Waals surface area contributed by atoms with E-state index in [1.165, 1.54) is 17.1 Å². The van der Waals surface area contributed by atoms with E-state index in [4.69, 9.17) is 11.6 Å². The van der Waals surface area contributed by atoms with Crippen molar-refractivity contribution in [3.63, 3.8) is 0 Å². The van der Waals surface area contributed by atoms with Crippen molar-refractivity contribution < 1.29 is 13.2 Å². The number of aryl methyl sites for hydroxylation is 1. The Morgan fingerprint density at radius 2 is 2.15 bits per heavy atom. The van der Waals surface area contributed by atoms with Crippen LogP contribution in [0.4, 0.5) is 0 Å². The number of piperazine rings is 1. The summed E-state index contributed by atoms with van der Waals surface area (Å²) in [6.45, 7) is 1.34. The van der Waals surface area contributed by atoms with E-state index in [1.54, 1.807) is 18.0 Å². The Bertz CT molecular complexity index is 903. The van der Waals surface area contributed by atoms with Crippen LogP contribution in [-0.4, -0.2) is 55.0 Å². The van der Waals surface area contributed by atoms with Crippen molar-refractivity contribution in [3.05, 3.63) is 47.4 Å². The number of carbonyl (C=O) groups excluding carboxylic acids is 1. The van der Waals surface area contributed by atoms with Gasteiger partial charge < -0.3 is 14.8 Å². The summed E-state index contributed by atoms with van der Waals surface area (Å²) >= 11 is 6.27. The summed E-state index contributed by atoms with van der Waals surface area (Å²) in [6, 6.07) is 7.10. The minimum atomic E-state index is -3.83. The van der Waals surface area contributed by atoms with Gasteiger partial charge in [0.1, 0.15) is 0 Å². The topological polar surface area (TPSA) is 96.3 Å². The molecule has 1 atom stereocenters. The third-order valence-electron chi connectivity index (χ3n) is 4.20.